The molecule has 0 aromatic heterocycles. The lowest BCUT2D eigenvalue weighted by atomic mass is 10.1. The highest BCUT2D eigenvalue weighted by Crippen LogP contribution is 2.30. The standard InChI is InChI=1S/C18H16F3NO4/c1-25-15-8-3-2-5-12(15)9-17(24)26-11-16(23)22-14-7-4-6-13(10-14)18(19,20)21/h2-8,10H,9,11H2,1H3,(H,22,23). The zero-order valence-electron chi connectivity index (χ0n) is 13.8. The first-order chi connectivity index (χ1) is 12.3. The number of carbonyl (C=O) groups excluding carboxylic acids is 2. The van der Waals surface area contributed by atoms with Gasteiger partial charge in [-0.2, -0.15) is 13.2 Å². The van der Waals surface area contributed by atoms with Crippen LogP contribution in [-0.2, 0) is 26.9 Å². The van der Waals surface area contributed by atoms with Crippen molar-refractivity contribution >= 4 is 17.6 Å². The smallest absolute Gasteiger partial charge is 0.416 e. The Labute approximate surface area is 147 Å². The van der Waals surface area contributed by atoms with Crippen molar-refractivity contribution in [2.45, 2.75) is 12.6 Å². The summed E-state index contributed by atoms with van der Waals surface area (Å²) in [5, 5.41) is 2.26. The summed E-state index contributed by atoms with van der Waals surface area (Å²) < 4.78 is 47.9. The third kappa shape index (κ3) is 5.51. The normalized spacial score (nSPS) is 10.9. The Morgan fingerprint density at radius 2 is 1.81 bits per heavy atom. The average molecular weight is 367 g/mol. The summed E-state index contributed by atoms with van der Waals surface area (Å²) in [6.07, 6.45) is -4.61. The average Bonchev–Trinajstić information content (AvgIpc) is 2.60. The molecule has 0 atom stereocenters. The van der Waals surface area contributed by atoms with Gasteiger partial charge < -0.3 is 14.8 Å². The predicted octanol–water partition coefficient (Wildman–Crippen LogP) is 3.44. The highest BCUT2D eigenvalue weighted by Gasteiger charge is 2.30. The van der Waals surface area contributed by atoms with Crippen LogP contribution in [0.25, 0.3) is 0 Å². The Kier molecular flexibility index (Phi) is 6.21. The summed E-state index contributed by atoms with van der Waals surface area (Å²) in [4.78, 5) is 23.6. The van der Waals surface area contributed by atoms with Crippen LogP contribution in [0, 0.1) is 0 Å². The van der Waals surface area contributed by atoms with Gasteiger partial charge in [0.05, 0.1) is 19.1 Å². The van der Waals surface area contributed by atoms with Gasteiger partial charge >= 0.3 is 12.1 Å². The maximum atomic E-state index is 12.6. The van der Waals surface area contributed by atoms with Gasteiger partial charge in [0, 0.05) is 11.3 Å². The number of anilines is 1. The van der Waals surface area contributed by atoms with Crippen molar-refractivity contribution < 1.29 is 32.2 Å². The van der Waals surface area contributed by atoms with Gasteiger partial charge in [0.1, 0.15) is 5.75 Å². The topological polar surface area (TPSA) is 64.6 Å². The van der Waals surface area contributed by atoms with E-state index in [1.54, 1.807) is 24.3 Å². The minimum atomic E-state index is -4.51. The van der Waals surface area contributed by atoms with E-state index in [0.29, 0.717) is 11.3 Å². The van der Waals surface area contributed by atoms with Crippen molar-refractivity contribution in [3.63, 3.8) is 0 Å². The molecule has 1 amide bonds. The Morgan fingerprint density at radius 3 is 2.50 bits per heavy atom. The van der Waals surface area contributed by atoms with Crippen molar-refractivity contribution in [2.24, 2.45) is 0 Å². The number of hydrogen-bond acceptors (Lipinski definition) is 4. The number of hydrogen-bond donors (Lipinski definition) is 1. The van der Waals surface area contributed by atoms with Crippen LogP contribution >= 0.6 is 0 Å². The van der Waals surface area contributed by atoms with E-state index < -0.39 is 30.2 Å². The Hall–Kier alpha value is -3.03. The fourth-order valence-electron chi connectivity index (χ4n) is 2.17. The number of alkyl halides is 3. The molecule has 0 radical (unpaired) electrons. The van der Waals surface area contributed by atoms with Gasteiger partial charge in [-0.15, -0.1) is 0 Å². The van der Waals surface area contributed by atoms with E-state index in [4.69, 9.17) is 9.47 Å². The predicted molar refractivity (Wildman–Crippen MR) is 87.7 cm³/mol. The Morgan fingerprint density at radius 1 is 1.08 bits per heavy atom. The first-order valence-corrected chi connectivity index (χ1v) is 7.54. The van der Waals surface area contributed by atoms with Crippen LogP contribution in [-0.4, -0.2) is 25.6 Å². The fourth-order valence-corrected chi connectivity index (χ4v) is 2.17. The van der Waals surface area contributed by atoms with E-state index in [1.165, 1.54) is 19.2 Å². The second-order valence-electron chi connectivity index (χ2n) is 5.28. The summed E-state index contributed by atoms with van der Waals surface area (Å²) in [5.74, 6) is -0.885. The van der Waals surface area contributed by atoms with Crippen LogP contribution < -0.4 is 10.1 Å². The van der Waals surface area contributed by atoms with Crippen LogP contribution in [0.4, 0.5) is 18.9 Å². The van der Waals surface area contributed by atoms with Crippen molar-refractivity contribution in [3.05, 3.63) is 59.7 Å². The number of ether oxygens (including phenoxy) is 2. The molecule has 5 nitrogen and oxygen atoms in total. The molecule has 26 heavy (non-hydrogen) atoms. The molecule has 2 aromatic carbocycles. The van der Waals surface area contributed by atoms with E-state index in [1.807, 2.05) is 0 Å². The third-order valence-electron chi connectivity index (χ3n) is 3.37. The largest absolute Gasteiger partial charge is 0.496 e. The Balaban J connectivity index is 1.88. The maximum absolute atomic E-state index is 12.6. The van der Waals surface area contributed by atoms with E-state index >= 15 is 0 Å². The maximum Gasteiger partial charge on any atom is 0.416 e. The van der Waals surface area contributed by atoms with Gasteiger partial charge in [-0.1, -0.05) is 24.3 Å². The van der Waals surface area contributed by atoms with Crippen molar-refractivity contribution in [3.8, 4) is 5.75 Å². The van der Waals surface area contributed by atoms with Gasteiger partial charge in [-0.3, -0.25) is 9.59 Å². The van der Waals surface area contributed by atoms with Crippen LogP contribution in [0.15, 0.2) is 48.5 Å². The molecule has 0 spiro atoms. The van der Waals surface area contributed by atoms with Crippen LogP contribution in [0.3, 0.4) is 0 Å². The molecule has 0 aliphatic rings. The second-order valence-corrected chi connectivity index (χ2v) is 5.28. The fraction of sp³-hybridized carbons (Fsp3) is 0.222. The molecule has 0 aliphatic heterocycles. The van der Waals surface area contributed by atoms with Crippen LogP contribution in [0.5, 0.6) is 5.75 Å². The first kappa shape index (κ1) is 19.3. The molecule has 2 rings (SSSR count). The number of halogens is 3. The molecule has 0 fully saturated rings. The molecule has 0 unspecified atom stereocenters. The number of para-hydroxylation sites is 1. The minimum Gasteiger partial charge on any atom is -0.496 e. The van der Waals surface area contributed by atoms with Gasteiger partial charge in [0.15, 0.2) is 6.61 Å². The van der Waals surface area contributed by atoms with Crippen molar-refractivity contribution in [2.75, 3.05) is 19.0 Å². The molecule has 0 saturated heterocycles. The minimum absolute atomic E-state index is 0.0365. The van der Waals surface area contributed by atoms with E-state index in [0.717, 1.165) is 12.1 Å². The molecule has 0 aliphatic carbocycles. The summed E-state index contributed by atoms with van der Waals surface area (Å²) >= 11 is 0. The molecule has 1 N–H and O–H groups in total. The van der Waals surface area contributed by atoms with Crippen molar-refractivity contribution in [1.29, 1.82) is 0 Å². The van der Waals surface area contributed by atoms with E-state index in [-0.39, 0.29) is 12.1 Å². The number of rotatable bonds is 6. The monoisotopic (exact) mass is 367 g/mol. The zero-order valence-corrected chi connectivity index (χ0v) is 13.8. The molecule has 8 heteroatoms. The number of esters is 1. The van der Waals surface area contributed by atoms with Crippen LogP contribution in [0.2, 0.25) is 0 Å². The quantitative estimate of drug-likeness (QED) is 0.795. The number of amides is 1. The zero-order chi connectivity index (χ0) is 19.2. The summed E-state index contributed by atoms with van der Waals surface area (Å²) in [5.41, 5.74) is -0.327. The van der Waals surface area contributed by atoms with Crippen molar-refractivity contribution in [1.82, 2.24) is 0 Å². The molecular formula is C18H16F3NO4. The lowest BCUT2D eigenvalue weighted by Gasteiger charge is -2.10. The molecule has 0 heterocycles. The summed E-state index contributed by atoms with van der Waals surface area (Å²) in [6, 6.07) is 11.0. The summed E-state index contributed by atoms with van der Waals surface area (Å²) in [6.45, 7) is -0.607. The van der Waals surface area contributed by atoms with Crippen LogP contribution in [0.1, 0.15) is 11.1 Å². The number of nitrogens with one attached hydrogen (secondary N) is 1. The lowest BCUT2D eigenvalue weighted by molar-refractivity contribution is -0.146. The third-order valence-corrected chi connectivity index (χ3v) is 3.37. The first-order valence-electron chi connectivity index (χ1n) is 7.54. The van der Waals surface area contributed by atoms with E-state index in [2.05, 4.69) is 5.32 Å². The molecular weight excluding hydrogens is 351 g/mol. The molecule has 0 saturated carbocycles. The second kappa shape index (κ2) is 8.37. The van der Waals surface area contributed by atoms with Gasteiger partial charge in [-0.05, 0) is 24.3 Å². The SMILES string of the molecule is COc1ccccc1CC(=O)OCC(=O)Nc1cccc(C(F)(F)F)c1. The van der Waals surface area contributed by atoms with E-state index in [9.17, 15) is 22.8 Å². The van der Waals surface area contributed by atoms with Gasteiger partial charge in [-0.25, -0.2) is 0 Å². The molecule has 2 aromatic rings. The number of carbonyl (C=O) groups is 2. The highest BCUT2D eigenvalue weighted by molar-refractivity contribution is 5.93. The van der Waals surface area contributed by atoms with Gasteiger partial charge in [0.25, 0.3) is 5.91 Å². The lowest BCUT2D eigenvalue weighted by Crippen LogP contribution is -2.22. The molecule has 138 valence electrons. The Bertz CT molecular complexity index is 790. The number of benzene rings is 2. The molecule has 0 bridgehead atoms. The number of methoxy groups -OCH3 is 1. The summed E-state index contributed by atoms with van der Waals surface area (Å²) in [7, 11) is 1.46. The van der Waals surface area contributed by atoms with Gasteiger partial charge in [0.2, 0.25) is 0 Å². The highest BCUT2D eigenvalue weighted by atomic mass is 19.4.